The third-order valence-electron chi connectivity index (χ3n) is 3.14. The molecule has 0 bridgehead atoms. The normalized spacial score (nSPS) is 10.8. The Balaban J connectivity index is 2.26. The average molecular weight is 300 g/mol. The summed E-state index contributed by atoms with van der Waals surface area (Å²) in [5.74, 6) is 0.187. The molecular formula is C14H12N4O2S. The highest BCUT2D eigenvalue weighted by molar-refractivity contribution is 7.20. The van der Waals surface area contributed by atoms with Gasteiger partial charge in [-0.15, -0.1) is 11.3 Å². The summed E-state index contributed by atoms with van der Waals surface area (Å²) in [6, 6.07) is 5.38. The van der Waals surface area contributed by atoms with Crippen LogP contribution in [0.5, 0.6) is 0 Å². The standard InChI is InChI=1S/C14H12N4O2S/c1-7-9-12(19)17-11(8-5-3-4-6-16-8)18-14(9)21-10(7)13(20)15-2/h3-6H,1-2H3,(H,15,20)(H,17,18,19). The van der Waals surface area contributed by atoms with E-state index in [-0.39, 0.29) is 11.5 Å². The van der Waals surface area contributed by atoms with Gasteiger partial charge in [0.2, 0.25) is 0 Å². The highest BCUT2D eigenvalue weighted by Gasteiger charge is 2.18. The van der Waals surface area contributed by atoms with Crippen LogP contribution in [0.25, 0.3) is 21.7 Å². The maximum absolute atomic E-state index is 12.3. The van der Waals surface area contributed by atoms with E-state index in [1.54, 1.807) is 32.3 Å². The number of amides is 1. The molecule has 0 fully saturated rings. The molecule has 0 aromatic carbocycles. The first kappa shape index (κ1) is 13.4. The Bertz CT molecular complexity index is 883. The minimum absolute atomic E-state index is 0.214. The van der Waals surface area contributed by atoms with Crippen molar-refractivity contribution in [2.45, 2.75) is 6.92 Å². The number of carbonyl (C=O) groups excluding carboxylic acids is 1. The molecule has 0 saturated carbocycles. The molecule has 1 amide bonds. The number of thiophene rings is 1. The second-order valence-corrected chi connectivity index (χ2v) is 5.44. The van der Waals surface area contributed by atoms with E-state index in [1.807, 2.05) is 6.07 Å². The van der Waals surface area contributed by atoms with Crippen molar-refractivity contribution in [2.24, 2.45) is 0 Å². The van der Waals surface area contributed by atoms with Crippen molar-refractivity contribution in [1.29, 1.82) is 0 Å². The van der Waals surface area contributed by atoms with Crippen molar-refractivity contribution in [3.63, 3.8) is 0 Å². The molecular weight excluding hydrogens is 288 g/mol. The lowest BCUT2D eigenvalue weighted by molar-refractivity contribution is 0.0966. The van der Waals surface area contributed by atoms with Gasteiger partial charge in [0.15, 0.2) is 5.82 Å². The SMILES string of the molecule is CNC(=O)c1sc2nc(-c3ccccn3)[nH]c(=O)c2c1C. The highest BCUT2D eigenvalue weighted by atomic mass is 32.1. The topological polar surface area (TPSA) is 87.7 Å². The zero-order chi connectivity index (χ0) is 15.0. The van der Waals surface area contributed by atoms with Crippen molar-refractivity contribution in [3.05, 3.63) is 45.2 Å². The number of hydrogen-bond donors (Lipinski definition) is 2. The Labute approximate surface area is 123 Å². The van der Waals surface area contributed by atoms with E-state index in [2.05, 4.69) is 20.3 Å². The van der Waals surface area contributed by atoms with Crippen LogP contribution in [-0.4, -0.2) is 27.9 Å². The zero-order valence-corrected chi connectivity index (χ0v) is 12.2. The molecule has 0 radical (unpaired) electrons. The quantitative estimate of drug-likeness (QED) is 0.754. The largest absolute Gasteiger partial charge is 0.354 e. The minimum Gasteiger partial charge on any atom is -0.354 e. The molecule has 0 spiro atoms. The summed E-state index contributed by atoms with van der Waals surface area (Å²) in [5, 5.41) is 3.02. The van der Waals surface area contributed by atoms with Gasteiger partial charge in [-0.1, -0.05) is 6.07 Å². The Hall–Kier alpha value is -2.54. The van der Waals surface area contributed by atoms with Gasteiger partial charge in [0, 0.05) is 13.2 Å². The lowest BCUT2D eigenvalue weighted by Crippen LogP contribution is -2.17. The first-order chi connectivity index (χ1) is 10.1. The van der Waals surface area contributed by atoms with Crippen molar-refractivity contribution < 1.29 is 4.79 Å². The fourth-order valence-corrected chi connectivity index (χ4v) is 3.23. The van der Waals surface area contributed by atoms with Crippen LogP contribution in [0.1, 0.15) is 15.2 Å². The predicted octanol–water partition coefficient (Wildman–Crippen LogP) is 1.71. The Morgan fingerprint density at radius 2 is 2.19 bits per heavy atom. The van der Waals surface area contributed by atoms with E-state index in [9.17, 15) is 9.59 Å². The number of rotatable bonds is 2. The first-order valence-electron chi connectivity index (χ1n) is 6.28. The van der Waals surface area contributed by atoms with Crippen LogP contribution in [0.15, 0.2) is 29.2 Å². The number of aromatic amines is 1. The van der Waals surface area contributed by atoms with Crippen molar-refractivity contribution in [2.75, 3.05) is 7.05 Å². The van der Waals surface area contributed by atoms with E-state index in [4.69, 9.17) is 0 Å². The summed E-state index contributed by atoms with van der Waals surface area (Å²) in [6.07, 6.45) is 1.63. The molecule has 0 unspecified atom stereocenters. The smallest absolute Gasteiger partial charge is 0.261 e. The minimum atomic E-state index is -0.260. The van der Waals surface area contributed by atoms with Gasteiger partial charge in [0.1, 0.15) is 10.5 Å². The van der Waals surface area contributed by atoms with Gasteiger partial charge < -0.3 is 10.3 Å². The van der Waals surface area contributed by atoms with E-state index >= 15 is 0 Å². The average Bonchev–Trinajstić information content (AvgIpc) is 2.85. The summed E-state index contributed by atoms with van der Waals surface area (Å²) in [5.41, 5.74) is 0.976. The van der Waals surface area contributed by atoms with Crippen LogP contribution in [0.2, 0.25) is 0 Å². The zero-order valence-electron chi connectivity index (χ0n) is 11.4. The molecule has 0 atom stereocenters. The van der Waals surface area contributed by atoms with Gasteiger partial charge >= 0.3 is 0 Å². The number of aromatic nitrogens is 3. The number of carbonyl (C=O) groups is 1. The maximum atomic E-state index is 12.3. The number of hydrogen-bond acceptors (Lipinski definition) is 5. The van der Waals surface area contributed by atoms with Crippen LogP contribution in [-0.2, 0) is 0 Å². The number of nitrogens with one attached hydrogen (secondary N) is 2. The van der Waals surface area contributed by atoms with Gasteiger partial charge in [-0.05, 0) is 24.6 Å². The monoisotopic (exact) mass is 300 g/mol. The summed E-state index contributed by atoms with van der Waals surface area (Å²) in [6.45, 7) is 1.75. The van der Waals surface area contributed by atoms with E-state index < -0.39 is 0 Å². The maximum Gasteiger partial charge on any atom is 0.261 e. The molecule has 3 aromatic rings. The van der Waals surface area contributed by atoms with Gasteiger partial charge in [-0.3, -0.25) is 14.6 Å². The van der Waals surface area contributed by atoms with E-state index in [1.165, 1.54) is 11.3 Å². The third kappa shape index (κ3) is 2.21. The molecule has 2 N–H and O–H groups in total. The summed E-state index contributed by atoms with van der Waals surface area (Å²) in [4.78, 5) is 36.4. The first-order valence-corrected chi connectivity index (χ1v) is 7.10. The predicted molar refractivity (Wildman–Crippen MR) is 81.6 cm³/mol. The molecule has 3 rings (SSSR count). The Morgan fingerprint density at radius 1 is 1.38 bits per heavy atom. The molecule has 0 aliphatic rings. The van der Waals surface area contributed by atoms with Crippen molar-refractivity contribution >= 4 is 27.5 Å². The number of pyridine rings is 1. The Morgan fingerprint density at radius 3 is 2.86 bits per heavy atom. The molecule has 6 nitrogen and oxygen atoms in total. The second kappa shape index (κ2) is 5.10. The van der Waals surface area contributed by atoms with E-state index in [0.717, 1.165) is 0 Å². The lowest BCUT2D eigenvalue weighted by atomic mass is 10.2. The third-order valence-corrected chi connectivity index (χ3v) is 4.33. The van der Waals surface area contributed by atoms with Crippen LogP contribution < -0.4 is 10.9 Å². The molecule has 0 aliphatic carbocycles. The fourth-order valence-electron chi connectivity index (χ4n) is 2.10. The van der Waals surface area contributed by atoms with Crippen molar-refractivity contribution in [1.82, 2.24) is 20.3 Å². The molecule has 106 valence electrons. The summed E-state index contributed by atoms with van der Waals surface area (Å²) >= 11 is 1.21. The van der Waals surface area contributed by atoms with Crippen LogP contribution in [0.4, 0.5) is 0 Å². The molecule has 7 heteroatoms. The highest BCUT2D eigenvalue weighted by Crippen LogP contribution is 2.27. The van der Waals surface area contributed by atoms with Gasteiger partial charge in [0.05, 0.1) is 10.3 Å². The fraction of sp³-hybridized carbons (Fsp3) is 0.143. The van der Waals surface area contributed by atoms with Gasteiger partial charge in [-0.25, -0.2) is 4.98 Å². The summed E-state index contributed by atoms with van der Waals surface area (Å²) in [7, 11) is 1.56. The Kier molecular flexibility index (Phi) is 3.26. The van der Waals surface area contributed by atoms with Crippen LogP contribution >= 0.6 is 11.3 Å². The lowest BCUT2D eigenvalue weighted by Gasteiger charge is -1.99. The van der Waals surface area contributed by atoms with Gasteiger partial charge in [0.25, 0.3) is 11.5 Å². The van der Waals surface area contributed by atoms with Crippen LogP contribution in [0, 0.1) is 6.92 Å². The van der Waals surface area contributed by atoms with Crippen LogP contribution in [0.3, 0.4) is 0 Å². The number of fused-ring (bicyclic) bond motifs is 1. The van der Waals surface area contributed by atoms with E-state index in [0.29, 0.717) is 32.2 Å². The number of H-pyrrole nitrogens is 1. The molecule has 21 heavy (non-hydrogen) atoms. The second-order valence-electron chi connectivity index (χ2n) is 4.44. The van der Waals surface area contributed by atoms with Gasteiger partial charge in [-0.2, -0.15) is 0 Å². The summed E-state index contributed by atoms with van der Waals surface area (Å²) < 4.78 is 0. The molecule has 3 aromatic heterocycles. The number of aryl methyl sites for hydroxylation is 1. The van der Waals surface area contributed by atoms with Crippen molar-refractivity contribution in [3.8, 4) is 11.5 Å². The molecule has 0 saturated heterocycles. The molecule has 0 aliphatic heterocycles. The number of nitrogens with zero attached hydrogens (tertiary/aromatic N) is 2. The molecule has 3 heterocycles.